The number of nitrogens with one attached hydrogen (secondary N) is 1. The highest BCUT2D eigenvalue weighted by atomic mass is 16.5. The van der Waals surface area contributed by atoms with Gasteiger partial charge >= 0.3 is 0 Å². The van der Waals surface area contributed by atoms with Gasteiger partial charge in [0.1, 0.15) is 12.0 Å². The number of nitrogens with two attached hydrogens (primary N) is 1. The average Bonchev–Trinajstić information content (AvgIpc) is 2.87. The van der Waals surface area contributed by atoms with E-state index in [4.69, 9.17) is 15.2 Å². The first-order valence-corrected chi connectivity index (χ1v) is 6.77. The van der Waals surface area contributed by atoms with Crippen molar-refractivity contribution in [3.05, 3.63) is 6.33 Å². The maximum Gasteiger partial charge on any atom is 0.242 e. The van der Waals surface area contributed by atoms with Gasteiger partial charge in [-0.05, 0) is 25.7 Å². The minimum atomic E-state index is 0.330. The predicted molar refractivity (Wildman–Crippen MR) is 74.3 cm³/mol. The molecule has 1 fully saturated rings. The number of hydrogen-bond donors (Lipinski definition) is 2. The molecule has 2 unspecified atom stereocenters. The predicted octanol–water partition coefficient (Wildman–Crippen LogP) is 1.83. The summed E-state index contributed by atoms with van der Waals surface area (Å²) in [5.41, 5.74) is 6.51. The first-order valence-electron chi connectivity index (χ1n) is 6.77. The van der Waals surface area contributed by atoms with E-state index in [0.717, 1.165) is 25.7 Å². The van der Waals surface area contributed by atoms with Crippen molar-refractivity contribution in [1.82, 2.24) is 9.97 Å². The van der Waals surface area contributed by atoms with Crippen LogP contribution in [0, 0.1) is 0 Å². The van der Waals surface area contributed by atoms with Crippen LogP contribution >= 0.6 is 0 Å². The second-order valence-corrected chi connectivity index (χ2v) is 4.80. The molecular weight excluding hydrogens is 244 g/mol. The highest BCUT2D eigenvalue weighted by Gasteiger charge is 2.25. The van der Waals surface area contributed by atoms with E-state index < -0.39 is 0 Å². The molecule has 0 aromatic carbocycles. The summed E-state index contributed by atoms with van der Waals surface area (Å²) in [6.07, 6.45) is 5.84. The summed E-state index contributed by atoms with van der Waals surface area (Å²) in [5.74, 6) is 1.11. The third-order valence-electron chi connectivity index (χ3n) is 3.35. The van der Waals surface area contributed by atoms with E-state index in [9.17, 15) is 0 Å². The molecule has 1 aromatic heterocycles. The van der Waals surface area contributed by atoms with Crippen LogP contribution in [0.2, 0.25) is 0 Å². The van der Waals surface area contributed by atoms with Gasteiger partial charge in [-0.25, -0.2) is 4.98 Å². The van der Waals surface area contributed by atoms with Crippen LogP contribution in [0.5, 0.6) is 5.88 Å². The van der Waals surface area contributed by atoms with Crippen LogP contribution in [-0.4, -0.2) is 35.8 Å². The number of rotatable bonds is 6. The first-order chi connectivity index (χ1) is 9.24. The Hall–Kier alpha value is -1.56. The Morgan fingerprint density at radius 3 is 2.95 bits per heavy atom. The second-order valence-electron chi connectivity index (χ2n) is 4.80. The van der Waals surface area contributed by atoms with E-state index in [-0.39, 0.29) is 0 Å². The van der Waals surface area contributed by atoms with Crippen LogP contribution in [-0.2, 0) is 4.74 Å². The molecule has 0 saturated heterocycles. The van der Waals surface area contributed by atoms with Crippen molar-refractivity contribution < 1.29 is 9.47 Å². The standard InChI is InChI=1S/C13H22N4O2/c1-3-6-19-13-11(14)12(15-8-16-13)17-9-4-5-10(7-9)18-2/h8-10H,3-7,14H2,1-2H3,(H,15,16,17). The lowest BCUT2D eigenvalue weighted by Gasteiger charge is -2.16. The number of hydrogen-bond acceptors (Lipinski definition) is 6. The molecule has 1 aliphatic carbocycles. The lowest BCUT2D eigenvalue weighted by molar-refractivity contribution is 0.108. The molecule has 19 heavy (non-hydrogen) atoms. The van der Waals surface area contributed by atoms with Gasteiger partial charge in [-0.1, -0.05) is 6.92 Å². The zero-order chi connectivity index (χ0) is 13.7. The minimum Gasteiger partial charge on any atom is -0.476 e. The molecular formula is C13H22N4O2. The van der Waals surface area contributed by atoms with Gasteiger partial charge in [0.15, 0.2) is 5.82 Å². The topological polar surface area (TPSA) is 82.3 Å². The molecule has 0 bridgehead atoms. The molecule has 1 saturated carbocycles. The zero-order valence-electron chi connectivity index (χ0n) is 11.6. The Kier molecular flexibility index (Phi) is 4.79. The highest BCUT2D eigenvalue weighted by molar-refractivity contribution is 5.66. The van der Waals surface area contributed by atoms with Crippen molar-refractivity contribution in [1.29, 1.82) is 0 Å². The van der Waals surface area contributed by atoms with Crippen molar-refractivity contribution >= 4 is 11.5 Å². The third kappa shape index (κ3) is 3.47. The molecule has 0 amide bonds. The van der Waals surface area contributed by atoms with Crippen molar-refractivity contribution in [2.45, 2.75) is 44.8 Å². The van der Waals surface area contributed by atoms with E-state index in [0.29, 0.717) is 36.1 Å². The summed E-state index contributed by atoms with van der Waals surface area (Å²) in [6.45, 7) is 2.65. The van der Waals surface area contributed by atoms with Gasteiger partial charge in [0, 0.05) is 13.2 Å². The number of anilines is 2. The van der Waals surface area contributed by atoms with Crippen molar-refractivity contribution in [2.24, 2.45) is 0 Å². The molecule has 0 spiro atoms. The summed E-state index contributed by atoms with van der Waals surface area (Å²) < 4.78 is 10.9. The van der Waals surface area contributed by atoms with E-state index >= 15 is 0 Å². The fraction of sp³-hybridized carbons (Fsp3) is 0.692. The Labute approximate surface area is 113 Å². The summed E-state index contributed by atoms with van der Waals surface area (Å²) in [5, 5.41) is 3.35. The zero-order valence-corrected chi connectivity index (χ0v) is 11.6. The van der Waals surface area contributed by atoms with Crippen LogP contribution < -0.4 is 15.8 Å². The smallest absolute Gasteiger partial charge is 0.242 e. The van der Waals surface area contributed by atoms with Crippen LogP contribution in [0.15, 0.2) is 6.33 Å². The molecule has 1 heterocycles. The lowest BCUT2D eigenvalue weighted by Crippen LogP contribution is -2.19. The van der Waals surface area contributed by atoms with E-state index in [1.807, 2.05) is 6.92 Å². The normalized spacial score (nSPS) is 22.4. The molecule has 1 aromatic rings. The van der Waals surface area contributed by atoms with Crippen molar-refractivity contribution in [3.8, 4) is 5.88 Å². The molecule has 0 radical (unpaired) electrons. The monoisotopic (exact) mass is 266 g/mol. The third-order valence-corrected chi connectivity index (χ3v) is 3.35. The molecule has 3 N–H and O–H groups in total. The SMILES string of the molecule is CCCOc1ncnc(NC2CCC(OC)C2)c1N. The molecule has 2 atom stereocenters. The van der Waals surface area contributed by atoms with Crippen molar-refractivity contribution in [3.63, 3.8) is 0 Å². The number of aromatic nitrogens is 2. The Morgan fingerprint density at radius 2 is 2.26 bits per heavy atom. The van der Waals surface area contributed by atoms with Gasteiger partial charge in [0.25, 0.3) is 0 Å². The molecule has 6 nitrogen and oxygen atoms in total. The van der Waals surface area contributed by atoms with Gasteiger partial charge in [0.2, 0.25) is 5.88 Å². The number of ether oxygens (including phenoxy) is 2. The highest BCUT2D eigenvalue weighted by Crippen LogP contribution is 2.29. The quantitative estimate of drug-likeness (QED) is 0.817. The van der Waals surface area contributed by atoms with Crippen LogP contribution in [0.3, 0.4) is 0 Å². The van der Waals surface area contributed by atoms with Gasteiger partial charge < -0.3 is 20.5 Å². The first kappa shape index (κ1) is 13.9. The van der Waals surface area contributed by atoms with E-state index in [2.05, 4.69) is 15.3 Å². The Balaban J connectivity index is 2.00. The maximum atomic E-state index is 6.03. The number of nitrogens with zero attached hydrogens (tertiary/aromatic N) is 2. The second kappa shape index (κ2) is 6.56. The molecule has 2 rings (SSSR count). The van der Waals surface area contributed by atoms with Crippen LogP contribution in [0.1, 0.15) is 32.6 Å². The Bertz CT molecular complexity index is 414. The van der Waals surface area contributed by atoms with Crippen LogP contribution in [0.25, 0.3) is 0 Å². The molecule has 106 valence electrons. The van der Waals surface area contributed by atoms with E-state index in [1.54, 1.807) is 7.11 Å². The summed E-state index contributed by atoms with van der Waals surface area (Å²) in [4.78, 5) is 8.25. The lowest BCUT2D eigenvalue weighted by atomic mass is 10.2. The Morgan fingerprint density at radius 1 is 1.42 bits per heavy atom. The fourth-order valence-electron chi connectivity index (χ4n) is 2.29. The summed E-state index contributed by atoms with van der Waals surface area (Å²) in [7, 11) is 1.75. The summed E-state index contributed by atoms with van der Waals surface area (Å²) in [6, 6.07) is 0.348. The van der Waals surface area contributed by atoms with Crippen LogP contribution in [0.4, 0.5) is 11.5 Å². The molecule has 0 aliphatic heterocycles. The number of methoxy groups -OCH3 is 1. The van der Waals surface area contributed by atoms with Gasteiger partial charge in [-0.15, -0.1) is 0 Å². The van der Waals surface area contributed by atoms with Crippen molar-refractivity contribution in [2.75, 3.05) is 24.8 Å². The summed E-state index contributed by atoms with van der Waals surface area (Å²) >= 11 is 0. The number of nitrogen functional groups attached to an aromatic ring is 1. The maximum absolute atomic E-state index is 6.03. The fourth-order valence-corrected chi connectivity index (χ4v) is 2.29. The largest absolute Gasteiger partial charge is 0.476 e. The van der Waals surface area contributed by atoms with Gasteiger partial charge in [-0.2, -0.15) is 4.98 Å². The average molecular weight is 266 g/mol. The van der Waals surface area contributed by atoms with Gasteiger partial charge in [0.05, 0.1) is 12.7 Å². The molecule has 1 aliphatic rings. The van der Waals surface area contributed by atoms with Gasteiger partial charge in [-0.3, -0.25) is 0 Å². The minimum absolute atomic E-state index is 0.330. The van der Waals surface area contributed by atoms with E-state index in [1.165, 1.54) is 6.33 Å². The molecule has 6 heteroatoms.